The van der Waals surface area contributed by atoms with Gasteiger partial charge >= 0.3 is 0 Å². The lowest BCUT2D eigenvalue weighted by atomic mass is 10.2. The van der Waals surface area contributed by atoms with E-state index in [2.05, 4.69) is 0 Å². The van der Waals surface area contributed by atoms with Crippen LogP contribution in [0.25, 0.3) is 0 Å². The van der Waals surface area contributed by atoms with Crippen molar-refractivity contribution in [3.05, 3.63) is 29.8 Å². The van der Waals surface area contributed by atoms with Gasteiger partial charge in [0.05, 0.1) is 0 Å². The molecule has 0 radical (unpaired) electrons. The van der Waals surface area contributed by atoms with Crippen molar-refractivity contribution in [2.45, 2.75) is 33.2 Å². The van der Waals surface area contributed by atoms with Gasteiger partial charge in [-0.15, -0.1) is 0 Å². The Labute approximate surface area is 115 Å². The van der Waals surface area contributed by atoms with Crippen LogP contribution < -0.4 is 4.74 Å². The normalized spacial score (nSPS) is 10.6. The standard InChI is InChI=1S/C15H23NO3/c1-12(2)16(9-4-10-17)15(18)11-19-14-7-5-13(3)6-8-14/h5-8,12,17H,4,9-11H2,1-3H3. The van der Waals surface area contributed by atoms with Crippen molar-refractivity contribution in [1.29, 1.82) is 0 Å². The van der Waals surface area contributed by atoms with E-state index in [0.717, 1.165) is 5.56 Å². The SMILES string of the molecule is Cc1ccc(OCC(=O)N(CCCO)C(C)C)cc1. The summed E-state index contributed by atoms with van der Waals surface area (Å²) < 4.78 is 5.48. The monoisotopic (exact) mass is 265 g/mol. The molecule has 0 saturated heterocycles. The molecule has 0 atom stereocenters. The lowest BCUT2D eigenvalue weighted by Crippen LogP contribution is -2.40. The van der Waals surface area contributed by atoms with Crippen LogP contribution in [0, 0.1) is 6.92 Å². The molecule has 0 bridgehead atoms. The summed E-state index contributed by atoms with van der Waals surface area (Å²) in [4.78, 5) is 13.8. The van der Waals surface area contributed by atoms with Crippen LogP contribution in [0.1, 0.15) is 25.8 Å². The second-order valence-corrected chi connectivity index (χ2v) is 4.86. The highest BCUT2D eigenvalue weighted by Crippen LogP contribution is 2.12. The average Bonchev–Trinajstić information content (AvgIpc) is 2.38. The highest BCUT2D eigenvalue weighted by atomic mass is 16.5. The molecule has 106 valence electrons. The Morgan fingerprint density at radius 1 is 1.32 bits per heavy atom. The largest absolute Gasteiger partial charge is 0.484 e. The Hall–Kier alpha value is -1.55. The predicted octanol–water partition coefficient (Wildman–Crippen LogP) is 1.99. The summed E-state index contributed by atoms with van der Waals surface area (Å²) in [7, 11) is 0. The number of rotatable bonds is 7. The van der Waals surface area contributed by atoms with Crippen molar-refractivity contribution in [3.8, 4) is 5.75 Å². The van der Waals surface area contributed by atoms with Gasteiger partial charge in [-0.3, -0.25) is 4.79 Å². The number of hydrogen-bond donors (Lipinski definition) is 1. The van der Waals surface area contributed by atoms with Gasteiger partial charge in [-0.2, -0.15) is 0 Å². The fourth-order valence-corrected chi connectivity index (χ4v) is 1.77. The van der Waals surface area contributed by atoms with E-state index < -0.39 is 0 Å². The number of ether oxygens (including phenoxy) is 1. The average molecular weight is 265 g/mol. The molecule has 1 aromatic carbocycles. The summed E-state index contributed by atoms with van der Waals surface area (Å²) >= 11 is 0. The summed E-state index contributed by atoms with van der Waals surface area (Å²) in [6, 6.07) is 7.73. The molecule has 19 heavy (non-hydrogen) atoms. The van der Waals surface area contributed by atoms with E-state index in [9.17, 15) is 4.79 Å². The summed E-state index contributed by atoms with van der Waals surface area (Å²) in [5, 5.41) is 8.84. The predicted molar refractivity (Wildman–Crippen MR) is 75.2 cm³/mol. The minimum Gasteiger partial charge on any atom is -0.484 e. The topological polar surface area (TPSA) is 49.8 Å². The number of aliphatic hydroxyl groups is 1. The second kappa shape index (κ2) is 7.79. The van der Waals surface area contributed by atoms with Crippen LogP contribution >= 0.6 is 0 Å². The Kier molecular flexibility index (Phi) is 6.36. The van der Waals surface area contributed by atoms with E-state index in [1.165, 1.54) is 0 Å². The molecular formula is C15H23NO3. The van der Waals surface area contributed by atoms with E-state index in [1.54, 1.807) is 4.90 Å². The highest BCUT2D eigenvalue weighted by Gasteiger charge is 2.16. The molecule has 1 rings (SSSR count). The number of carbonyl (C=O) groups is 1. The number of hydrogen-bond acceptors (Lipinski definition) is 3. The highest BCUT2D eigenvalue weighted by molar-refractivity contribution is 5.78. The van der Waals surface area contributed by atoms with Crippen molar-refractivity contribution in [3.63, 3.8) is 0 Å². The van der Waals surface area contributed by atoms with Crippen molar-refractivity contribution in [1.82, 2.24) is 4.90 Å². The number of carbonyl (C=O) groups excluding carboxylic acids is 1. The molecule has 4 heteroatoms. The quantitative estimate of drug-likeness (QED) is 0.820. The Morgan fingerprint density at radius 3 is 2.47 bits per heavy atom. The maximum absolute atomic E-state index is 12.1. The Bertz CT molecular complexity index is 387. The van der Waals surface area contributed by atoms with Crippen molar-refractivity contribution in [2.75, 3.05) is 19.8 Å². The van der Waals surface area contributed by atoms with Gasteiger partial charge in [0, 0.05) is 19.2 Å². The van der Waals surface area contributed by atoms with E-state index in [0.29, 0.717) is 18.7 Å². The smallest absolute Gasteiger partial charge is 0.260 e. The van der Waals surface area contributed by atoms with Gasteiger partial charge in [-0.1, -0.05) is 17.7 Å². The zero-order valence-electron chi connectivity index (χ0n) is 11.9. The van der Waals surface area contributed by atoms with Crippen LogP contribution in [-0.2, 0) is 4.79 Å². The van der Waals surface area contributed by atoms with Crippen LogP contribution in [0.15, 0.2) is 24.3 Å². The molecule has 0 aliphatic heterocycles. The maximum Gasteiger partial charge on any atom is 0.260 e. The first-order chi connectivity index (χ1) is 9.04. The minimum absolute atomic E-state index is 0.0344. The second-order valence-electron chi connectivity index (χ2n) is 4.86. The molecule has 1 aromatic rings. The van der Waals surface area contributed by atoms with Gasteiger partial charge in [0.2, 0.25) is 0 Å². The third kappa shape index (κ3) is 5.30. The van der Waals surface area contributed by atoms with Gasteiger partial charge < -0.3 is 14.7 Å². The summed E-state index contributed by atoms with van der Waals surface area (Å²) in [6.45, 7) is 6.61. The first-order valence-corrected chi connectivity index (χ1v) is 6.64. The van der Waals surface area contributed by atoms with Gasteiger partial charge in [0.25, 0.3) is 5.91 Å². The van der Waals surface area contributed by atoms with Crippen molar-refractivity contribution >= 4 is 5.91 Å². The Morgan fingerprint density at radius 2 is 1.95 bits per heavy atom. The fraction of sp³-hybridized carbons (Fsp3) is 0.533. The van der Waals surface area contributed by atoms with Gasteiger partial charge in [-0.05, 0) is 39.3 Å². The van der Waals surface area contributed by atoms with Crippen molar-refractivity contribution < 1.29 is 14.6 Å². The van der Waals surface area contributed by atoms with Crippen LogP contribution in [0.3, 0.4) is 0 Å². The van der Waals surface area contributed by atoms with E-state index in [-0.39, 0.29) is 25.2 Å². The van der Waals surface area contributed by atoms with Crippen LogP contribution in [0.2, 0.25) is 0 Å². The fourth-order valence-electron chi connectivity index (χ4n) is 1.77. The number of amides is 1. The Balaban J connectivity index is 2.49. The molecule has 0 fully saturated rings. The lowest BCUT2D eigenvalue weighted by molar-refractivity contribution is -0.135. The summed E-state index contributed by atoms with van der Waals surface area (Å²) in [6.07, 6.45) is 0.592. The molecule has 1 amide bonds. The number of aliphatic hydroxyl groups excluding tert-OH is 1. The summed E-state index contributed by atoms with van der Waals surface area (Å²) in [5.74, 6) is 0.647. The van der Waals surface area contributed by atoms with E-state index in [4.69, 9.17) is 9.84 Å². The zero-order chi connectivity index (χ0) is 14.3. The van der Waals surface area contributed by atoms with Crippen LogP contribution in [0.4, 0.5) is 0 Å². The molecule has 4 nitrogen and oxygen atoms in total. The van der Waals surface area contributed by atoms with Crippen LogP contribution in [-0.4, -0.2) is 41.7 Å². The van der Waals surface area contributed by atoms with Gasteiger partial charge in [0.15, 0.2) is 6.61 Å². The number of benzene rings is 1. The minimum atomic E-state index is -0.0518. The third-order valence-electron chi connectivity index (χ3n) is 2.88. The van der Waals surface area contributed by atoms with Crippen molar-refractivity contribution in [2.24, 2.45) is 0 Å². The molecule has 0 unspecified atom stereocenters. The first-order valence-electron chi connectivity index (χ1n) is 6.64. The number of nitrogens with zero attached hydrogens (tertiary/aromatic N) is 1. The van der Waals surface area contributed by atoms with Crippen LogP contribution in [0.5, 0.6) is 5.75 Å². The molecule has 0 heterocycles. The zero-order valence-corrected chi connectivity index (χ0v) is 11.9. The molecule has 0 aliphatic rings. The molecule has 0 saturated carbocycles. The third-order valence-corrected chi connectivity index (χ3v) is 2.88. The van der Waals surface area contributed by atoms with Gasteiger partial charge in [0.1, 0.15) is 5.75 Å². The summed E-state index contributed by atoms with van der Waals surface area (Å²) in [5.41, 5.74) is 1.16. The molecule has 0 aromatic heterocycles. The molecular weight excluding hydrogens is 242 g/mol. The molecule has 0 spiro atoms. The lowest BCUT2D eigenvalue weighted by Gasteiger charge is -2.26. The van der Waals surface area contributed by atoms with E-state index >= 15 is 0 Å². The maximum atomic E-state index is 12.1. The van der Waals surface area contributed by atoms with E-state index in [1.807, 2.05) is 45.0 Å². The van der Waals surface area contributed by atoms with Gasteiger partial charge in [-0.25, -0.2) is 0 Å². The molecule has 0 aliphatic carbocycles. The molecule has 1 N–H and O–H groups in total. The first kappa shape index (κ1) is 15.5. The number of aryl methyl sites for hydroxylation is 1.